The molecule has 2 N–H and O–H groups in total. The third-order valence-electron chi connectivity index (χ3n) is 1.86. The molecule has 0 heterocycles. The Morgan fingerprint density at radius 2 is 2.11 bits per heavy atom. The van der Waals surface area contributed by atoms with Crippen molar-refractivity contribution in [2.45, 2.75) is 0 Å². The summed E-state index contributed by atoms with van der Waals surface area (Å²) in [6.07, 6.45) is 1.52. The van der Waals surface area contributed by atoms with Gasteiger partial charge in [0.25, 0.3) is 5.91 Å². The van der Waals surface area contributed by atoms with Crippen molar-refractivity contribution >= 4 is 27.9 Å². The highest BCUT2D eigenvalue weighted by Crippen LogP contribution is 2.23. The third kappa shape index (κ3) is 5.01. The fraction of sp³-hybridized carbons (Fsp3) is 0.167. The molecule has 5 nitrogen and oxygen atoms in total. The average Bonchev–Trinajstić information content (AvgIpc) is 2.35. The number of hydrogen-bond acceptors (Lipinski definition) is 3. The Bertz CT molecular complexity index is 449. The molecule has 1 rings (SSSR count). The van der Waals surface area contributed by atoms with Crippen molar-refractivity contribution in [3.8, 4) is 5.75 Å². The van der Waals surface area contributed by atoms with Crippen molar-refractivity contribution in [3.63, 3.8) is 0 Å². The molecular formula is C12H13BrN2O3. The van der Waals surface area contributed by atoms with Gasteiger partial charge in [-0.1, -0.05) is 18.2 Å². The van der Waals surface area contributed by atoms with Gasteiger partial charge in [-0.2, -0.15) is 0 Å². The van der Waals surface area contributed by atoms with E-state index in [4.69, 9.17) is 4.74 Å². The Morgan fingerprint density at radius 1 is 1.39 bits per heavy atom. The molecule has 6 heteroatoms. The van der Waals surface area contributed by atoms with Crippen LogP contribution in [0, 0.1) is 0 Å². The van der Waals surface area contributed by atoms with Gasteiger partial charge < -0.3 is 10.1 Å². The molecule has 0 saturated heterocycles. The summed E-state index contributed by atoms with van der Waals surface area (Å²) in [7, 11) is 0. The molecule has 0 spiro atoms. The van der Waals surface area contributed by atoms with Crippen LogP contribution in [0.1, 0.15) is 0 Å². The lowest BCUT2D eigenvalue weighted by Crippen LogP contribution is -2.41. The third-order valence-corrected chi connectivity index (χ3v) is 2.51. The minimum Gasteiger partial charge on any atom is -0.483 e. The maximum absolute atomic E-state index is 11.4. The first-order valence-corrected chi connectivity index (χ1v) is 5.98. The summed E-state index contributed by atoms with van der Waals surface area (Å²) < 4.78 is 5.99. The molecule has 0 atom stereocenters. The van der Waals surface area contributed by atoms with Gasteiger partial charge in [-0.25, -0.2) is 4.79 Å². The van der Waals surface area contributed by atoms with Crippen LogP contribution in [0.4, 0.5) is 4.79 Å². The highest BCUT2D eigenvalue weighted by atomic mass is 79.9. The molecule has 0 unspecified atom stereocenters. The van der Waals surface area contributed by atoms with Crippen molar-refractivity contribution in [1.82, 2.24) is 10.6 Å². The number of nitrogens with one attached hydrogen (secondary N) is 2. The first kappa shape index (κ1) is 14.2. The molecule has 0 bridgehead atoms. The molecule has 0 aliphatic rings. The van der Waals surface area contributed by atoms with Gasteiger partial charge in [0, 0.05) is 6.54 Å². The number of carbonyl (C=O) groups excluding carboxylic acids is 2. The van der Waals surface area contributed by atoms with Crippen LogP contribution in [0.5, 0.6) is 5.75 Å². The van der Waals surface area contributed by atoms with E-state index < -0.39 is 11.9 Å². The second-order valence-corrected chi connectivity index (χ2v) is 4.12. The summed E-state index contributed by atoms with van der Waals surface area (Å²) in [5.74, 6) is 0.0199. The number of carbonyl (C=O) groups is 2. The van der Waals surface area contributed by atoms with E-state index in [1.807, 2.05) is 6.07 Å². The Morgan fingerprint density at radius 3 is 2.78 bits per heavy atom. The van der Waals surface area contributed by atoms with Crippen LogP contribution in [0.15, 0.2) is 41.4 Å². The Balaban J connectivity index is 2.35. The largest absolute Gasteiger partial charge is 0.483 e. The van der Waals surface area contributed by atoms with Gasteiger partial charge in [-0.15, -0.1) is 6.58 Å². The van der Waals surface area contributed by atoms with E-state index in [1.165, 1.54) is 6.08 Å². The van der Waals surface area contributed by atoms with Crippen LogP contribution < -0.4 is 15.4 Å². The number of rotatable bonds is 5. The summed E-state index contributed by atoms with van der Waals surface area (Å²) in [6, 6.07) is 6.56. The van der Waals surface area contributed by atoms with Gasteiger partial charge in [-0.05, 0) is 28.1 Å². The van der Waals surface area contributed by atoms with Crippen LogP contribution in [0.2, 0.25) is 0 Å². The predicted octanol–water partition coefficient (Wildman–Crippen LogP) is 1.84. The van der Waals surface area contributed by atoms with Crippen molar-refractivity contribution in [2.24, 2.45) is 0 Å². The van der Waals surface area contributed by atoms with Crippen LogP contribution >= 0.6 is 15.9 Å². The van der Waals surface area contributed by atoms with E-state index in [2.05, 4.69) is 33.1 Å². The fourth-order valence-corrected chi connectivity index (χ4v) is 1.48. The summed E-state index contributed by atoms with van der Waals surface area (Å²) in [6.45, 7) is 3.50. The van der Waals surface area contributed by atoms with Gasteiger partial charge >= 0.3 is 6.03 Å². The second kappa shape index (κ2) is 7.50. The Labute approximate surface area is 113 Å². The fourth-order valence-electron chi connectivity index (χ4n) is 1.08. The Kier molecular flexibility index (Phi) is 5.93. The number of imide groups is 1. The average molecular weight is 313 g/mol. The van der Waals surface area contributed by atoms with E-state index in [-0.39, 0.29) is 6.61 Å². The quantitative estimate of drug-likeness (QED) is 0.815. The predicted molar refractivity (Wildman–Crippen MR) is 71.4 cm³/mol. The number of benzene rings is 1. The van der Waals surface area contributed by atoms with Crippen molar-refractivity contribution in [1.29, 1.82) is 0 Å². The van der Waals surface area contributed by atoms with Crippen LogP contribution in [-0.4, -0.2) is 25.1 Å². The van der Waals surface area contributed by atoms with Crippen molar-refractivity contribution in [3.05, 3.63) is 41.4 Å². The minimum absolute atomic E-state index is 0.232. The van der Waals surface area contributed by atoms with E-state index in [0.29, 0.717) is 12.3 Å². The molecule has 1 aromatic carbocycles. The highest BCUT2D eigenvalue weighted by molar-refractivity contribution is 9.10. The Hall–Kier alpha value is -1.82. The molecular weight excluding hydrogens is 300 g/mol. The van der Waals surface area contributed by atoms with Crippen molar-refractivity contribution < 1.29 is 14.3 Å². The van der Waals surface area contributed by atoms with E-state index in [9.17, 15) is 9.59 Å². The summed E-state index contributed by atoms with van der Waals surface area (Å²) in [5, 5.41) is 4.55. The molecule has 18 heavy (non-hydrogen) atoms. The molecule has 0 aliphatic carbocycles. The lowest BCUT2D eigenvalue weighted by Gasteiger charge is -2.08. The van der Waals surface area contributed by atoms with Gasteiger partial charge in [0.1, 0.15) is 5.75 Å². The van der Waals surface area contributed by atoms with E-state index >= 15 is 0 Å². The zero-order chi connectivity index (χ0) is 13.4. The molecule has 1 aromatic rings. The van der Waals surface area contributed by atoms with E-state index in [1.54, 1.807) is 18.2 Å². The lowest BCUT2D eigenvalue weighted by molar-refractivity contribution is -0.122. The molecule has 3 amide bonds. The SMILES string of the molecule is C=CCNC(=O)NC(=O)COc1ccccc1Br. The zero-order valence-electron chi connectivity index (χ0n) is 9.61. The van der Waals surface area contributed by atoms with Gasteiger partial charge in [-0.3, -0.25) is 10.1 Å². The summed E-state index contributed by atoms with van der Waals surface area (Å²) >= 11 is 3.28. The number of ether oxygens (including phenoxy) is 1. The molecule has 0 aliphatic heterocycles. The highest BCUT2D eigenvalue weighted by Gasteiger charge is 2.08. The number of hydrogen-bond donors (Lipinski definition) is 2. The minimum atomic E-state index is -0.573. The van der Waals surface area contributed by atoms with Crippen LogP contribution in [0.25, 0.3) is 0 Å². The maximum Gasteiger partial charge on any atom is 0.321 e. The summed E-state index contributed by atoms with van der Waals surface area (Å²) in [5.41, 5.74) is 0. The molecule has 0 saturated carbocycles. The van der Waals surface area contributed by atoms with Crippen molar-refractivity contribution in [2.75, 3.05) is 13.2 Å². The normalized spacial score (nSPS) is 9.39. The summed E-state index contributed by atoms with van der Waals surface area (Å²) in [4.78, 5) is 22.5. The lowest BCUT2D eigenvalue weighted by atomic mass is 10.3. The second-order valence-electron chi connectivity index (χ2n) is 3.27. The van der Waals surface area contributed by atoms with Gasteiger partial charge in [0.15, 0.2) is 6.61 Å². The standard InChI is InChI=1S/C12H13BrN2O3/c1-2-7-14-12(17)15-11(16)8-18-10-6-4-3-5-9(10)13/h2-6H,1,7-8H2,(H2,14,15,16,17). The molecule has 96 valence electrons. The molecule has 0 fully saturated rings. The number of para-hydroxylation sites is 1. The molecule has 0 radical (unpaired) electrons. The monoisotopic (exact) mass is 312 g/mol. The maximum atomic E-state index is 11.4. The van der Waals surface area contributed by atoms with Gasteiger partial charge in [0.05, 0.1) is 4.47 Å². The van der Waals surface area contributed by atoms with E-state index in [0.717, 1.165) is 4.47 Å². The number of amides is 3. The van der Waals surface area contributed by atoms with Crippen LogP contribution in [-0.2, 0) is 4.79 Å². The first-order chi connectivity index (χ1) is 8.63. The number of urea groups is 1. The molecule has 0 aromatic heterocycles. The van der Waals surface area contributed by atoms with Gasteiger partial charge in [0.2, 0.25) is 0 Å². The van der Waals surface area contributed by atoms with Crippen LogP contribution in [0.3, 0.4) is 0 Å². The smallest absolute Gasteiger partial charge is 0.321 e. The topological polar surface area (TPSA) is 67.4 Å². The number of halogens is 1. The first-order valence-electron chi connectivity index (χ1n) is 5.19. The zero-order valence-corrected chi connectivity index (χ0v) is 11.2.